The molecule has 0 N–H and O–H groups in total. The summed E-state index contributed by atoms with van der Waals surface area (Å²) in [5, 5.41) is 2.65. The smallest absolute Gasteiger partial charge is 0.0541 e. The van der Waals surface area contributed by atoms with E-state index in [9.17, 15) is 0 Å². The van der Waals surface area contributed by atoms with Gasteiger partial charge in [-0.3, -0.25) is 0 Å². The summed E-state index contributed by atoms with van der Waals surface area (Å²) in [6, 6.07) is 22.5. The predicted octanol–water partition coefficient (Wildman–Crippen LogP) is 8.02. The highest BCUT2D eigenvalue weighted by molar-refractivity contribution is 6.09. The third-order valence-corrected chi connectivity index (χ3v) is 5.88. The number of fused-ring (bicyclic) bond motifs is 3. The van der Waals surface area contributed by atoms with Gasteiger partial charge in [0, 0.05) is 16.5 Å². The molecule has 0 amide bonds. The number of aromatic nitrogens is 1. The Labute approximate surface area is 174 Å². The van der Waals surface area contributed by atoms with Crippen LogP contribution >= 0.6 is 0 Å². The topological polar surface area (TPSA) is 4.93 Å². The standard InChI is InChI=1S/C28H31N/c1-8-19-9-13-22(14-10-19)29-25-15-11-20(27(2,3)4)17-23(25)24-18-21(28(5,6)7)12-16-26(24)29/h8-18H,1H2,2-7H3. The van der Waals surface area contributed by atoms with E-state index >= 15 is 0 Å². The Morgan fingerprint density at radius 3 is 1.48 bits per heavy atom. The fourth-order valence-electron chi connectivity index (χ4n) is 3.99. The van der Waals surface area contributed by atoms with Gasteiger partial charge in [-0.1, -0.05) is 78.5 Å². The van der Waals surface area contributed by atoms with Crippen molar-refractivity contribution in [3.8, 4) is 5.69 Å². The van der Waals surface area contributed by atoms with Crippen LogP contribution in [0.5, 0.6) is 0 Å². The number of benzene rings is 3. The van der Waals surface area contributed by atoms with E-state index < -0.39 is 0 Å². The molecule has 1 heteroatoms. The van der Waals surface area contributed by atoms with Crippen LogP contribution in [0.1, 0.15) is 58.2 Å². The van der Waals surface area contributed by atoms with E-state index in [1.807, 2.05) is 6.08 Å². The Morgan fingerprint density at radius 1 is 0.655 bits per heavy atom. The molecule has 0 bridgehead atoms. The maximum Gasteiger partial charge on any atom is 0.0541 e. The summed E-state index contributed by atoms with van der Waals surface area (Å²) in [5.74, 6) is 0. The molecule has 0 fully saturated rings. The minimum Gasteiger partial charge on any atom is -0.309 e. The summed E-state index contributed by atoms with van der Waals surface area (Å²) in [6.07, 6.45) is 1.89. The van der Waals surface area contributed by atoms with Crippen molar-refractivity contribution < 1.29 is 0 Å². The molecular weight excluding hydrogens is 350 g/mol. The molecular formula is C28H31N. The third kappa shape index (κ3) is 3.40. The van der Waals surface area contributed by atoms with Gasteiger partial charge in [0.1, 0.15) is 0 Å². The van der Waals surface area contributed by atoms with E-state index in [-0.39, 0.29) is 10.8 Å². The van der Waals surface area contributed by atoms with Crippen molar-refractivity contribution in [1.82, 2.24) is 4.57 Å². The molecule has 29 heavy (non-hydrogen) atoms. The molecule has 0 aliphatic carbocycles. The second kappa shape index (κ2) is 6.62. The first-order chi connectivity index (χ1) is 13.6. The molecule has 148 valence electrons. The number of rotatable bonds is 2. The summed E-state index contributed by atoms with van der Waals surface area (Å²) in [6.45, 7) is 17.6. The third-order valence-electron chi connectivity index (χ3n) is 5.88. The van der Waals surface area contributed by atoms with Gasteiger partial charge in [0.25, 0.3) is 0 Å². The number of nitrogens with zero attached hydrogens (tertiary/aromatic N) is 1. The summed E-state index contributed by atoms with van der Waals surface area (Å²) < 4.78 is 2.39. The molecule has 0 saturated carbocycles. The van der Waals surface area contributed by atoms with E-state index in [2.05, 4.69) is 113 Å². The summed E-state index contributed by atoms with van der Waals surface area (Å²) in [7, 11) is 0. The first-order valence-electron chi connectivity index (χ1n) is 10.4. The monoisotopic (exact) mass is 381 g/mol. The van der Waals surface area contributed by atoms with Gasteiger partial charge in [0.2, 0.25) is 0 Å². The van der Waals surface area contributed by atoms with Crippen molar-refractivity contribution >= 4 is 27.9 Å². The van der Waals surface area contributed by atoms with Crippen LogP contribution in [-0.2, 0) is 10.8 Å². The zero-order valence-corrected chi connectivity index (χ0v) is 18.5. The second-order valence-corrected chi connectivity index (χ2v) is 10.1. The molecule has 0 atom stereocenters. The van der Waals surface area contributed by atoms with Crippen molar-refractivity contribution in [3.63, 3.8) is 0 Å². The van der Waals surface area contributed by atoms with Gasteiger partial charge in [0.15, 0.2) is 0 Å². The average molecular weight is 382 g/mol. The van der Waals surface area contributed by atoms with Crippen molar-refractivity contribution in [1.29, 1.82) is 0 Å². The van der Waals surface area contributed by atoms with Gasteiger partial charge in [-0.25, -0.2) is 0 Å². The summed E-state index contributed by atoms with van der Waals surface area (Å²) in [4.78, 5) is 0. The minimum atomic E-state index is 0.121. The van der Waals surface area contributed by atoms with Crippen LogP contribution in [0.15, 0.2) is 67.2 Å². The van der Waals surface area contributed by atoms with Gasteiger partial charge in [-0.2, -0.15) is 0 Å². The maximum absolute atomic E-state index is 3.88. The van der Waals surface area contributed by atoms with Crippen LogP contribution in [0.3, 0.4) is 0 Å². The molecule has 0 radical (unpaired) electrons. The molecule has 1 nitrogen and oxygen atoms in total. The zero-order chi connectivity index (χ0) is 21.0. The average Bonchev–Trinajstić information content (AvgIpc) is 3.00. The van der Waals surface area contributed by atoms with E-state index in [1.54, 1.807) is 0 Å². The van der Waals surface area contributed by atoms with Crippen molar-refractivity contribution in [2.45, 2.75) is 52.4 Å². The number of hydrogen-bond acceptors (Lipinski definition) is 0. The lowest BCUT2D eigenvalue weighted by atomic mass is 9.85. The Bertz CT molecular complexity index is 1130. The van der Waals surface area contributed by atoms with Gasteiger partial charge in [-0.15, -0.1) is 0 Å². The highest BCUT2D eigenvalue weighted by Gasteiger charge is 2.20. The molecule has 3 aromatic carbocycles. The Morgan fingerprint density at radius 2 is 1.10 bits per heavy atom. The van der Waals surface area contributed by atoms with E-state index in [1.165, 1.54) is 38.6 Å². The SMILES string of the molecule is C=Cc1ccc(-n2c3ccc(C(C)(C)C)cc3c3cc(C(C)(C)C)ccc32)cc1. The largest absolute Gasteiger partial charge is 0.309 e. The normalized spacial score (nSPS) is 12.6. The van der Waals surface area contributed by atoms with Gasteiger partial charge in [-0.05, 0) is 63.9 Å². The molecule has 4 aromatic rings. The Hall–Kier alpha value is -2.80. The predicted molar refractivity (Wildman–Crippen MR) is 128 cm³/mol. The van der Waals surface area contributed by atoms with E-state index in [4.69, 9.17) is 0 Å². The summed E-state index contributed by atoms with van der Waals surface area (Å²) >= 11 is 0. The van der Waals surface area contributed by atoms with Crippen molar-refractivity contribution in [2.75, 3.05) is 0 Å². The van der Waals surface area contributed by atoms with Gasteiger partial charge < -0.3 is 4.57 Å². The van der Waals surface area contributed by atoms with Crippen molar-refractivity contribution in [2.24, 2.45) is 0 Å². The Kier molecular flexibility index (Phi) is 4.46. The molecule has 1 heterocycles. The van der Waals surface area contributed by atoms with Gasteiger partial charge >= 0.3 is 0 Å². The molecule has 1 aromatic heterocycles. The summed E-state index contributed by atoms with van der Waals surface area (Å²) in [5.41, 5.74) is 7.81. The van der Waals surface area contributed by atoms with Crippen molar-refractivity contribution in [3.05, 3.63) is 83.9 Å². The van der Waals surface area contributed by atoms with E-state index in [0.29, 0.717) is 0 Å². The lowest BCUT2D eigenvalue weighted by Crippen LogP contribution is -2.10. The molecule has 0 aliphatic rings. The quantitative estimate of drug-likeness (QED) is 0.331. The van der Waals surface area contributed by atoms with Crippen LogP contribution in [-0.4, -0.2) is 4.57 Å². The highest BCUT2D eigenvalue weighted by Crippen LogP contribution is 2.37. The molecule has 0 spiro atoms. The maximum atomic E-state index is 3.88. The second-order valence-electron chi connectivity index (χ2n) is 10.1. The molecule has 0 unspecified atom stereocenters. The number of hydrogen-bond donors (Lipinski definition) is 0. The van der Waals surface area contributed by atoms with E-state index in [0.717, 1.165) is 5.56 Å². The fourth-order valence-corrected chi connectivity index (χ4v) is 3.99. The molecule has 4 rings (SSSR count). The Balaban J connectivity index is 2.09. The first kappa shape index (κ1) is 19.5. The zero-order valence-electron chi connectivity index (χ0n) is 18.5. The lowest BCUT2D eigenvalue weighted by Gasteiger charge is -2.19. The lowest BCUT2D eigenvalue weighted by molar-refractivity contribution is 0.590. The molecule has 0 aliphatic heterocycles. The van der Waals surface area contributed by atoms with Gasteiger partial charge in [0.05, 0.1) is 11.0 Å². The van der Waals surface area contributed by atoms with Crippen LogP contribution < -0.4 is 0 Å². The fraction of sp³-hybridized carbons (Fsp3) is 0.286. The highest BCUT2D eigenvalue weighted by atomic mass is 15.0. The van der Waals surface area contributed by atoms with Crippen LogP contribution in [0.2, 0.25) is 0 Å². The van der Waals surface area contributed by atoms with Crippen LogP contribution in [0.25, 0.3) is 33.6 Å². The molecule has 0 saturated heterocycles. The van der Waals surface area contributed by atoms with Crippen LogP contribution in [0, 0.1) is 0 Å². The minimum absolute atomic E-state index is 0.121. The first-order valence-corrected chi connectivity index (χ1v) is 10.4. The van der Waals surface area contributed by atoms with Crippen LogP contribution in [0.4, 0.5) is 0 Å².